The molecule has 0 bridgehead atoms. The zero-order valence-electron chi connectivity index (χ0n) is 8.29. The minimum atomic E-state index is -0.432. The number of para-hydroxylation sites is 1. The summed E-state index contributed by atoms with van der Waals surface area (Å²) in [5.74, 6) is -0.432. The first kappa shape index (κ1) is 10.7. The van der Waals surface area contributed by atoms with Gasteiger partial charge in [-0.3, -0.25) is 0 Å². The smallest absolute Gasteiger partial charge is 0.340 e. The van der Waals surface area contributed by atoms with Crippen LogP contribution < -0.4 is 0 Å². The Bertz CT molecular complexity index is 526. The first-order valence-electron chi connectivity index (χ1n) is 4.35. The summed E-state index contributed by atoms with van der Waals surface area (Å²) in [6.45, 7) is 0. The fourth-order valence-corrected chi connectivity index (χ4v) is 1.60. The molecule has 0 spiro atoms. The summed E-state index contributed by atoms with van der Waals surface area (Å²) in [6.07, 6.45) is 0. The van der Waals surface area contributed by atoms with Gasteiger partial charge in [0, 0.05) is 0 Å². The number of nitrogens with zero attached hydrogens (tertiary/aromatic N) is 4. The molecular weight excluding hydrogens is 276 g/mol. The van der Waals surface area contributed by atoms with Crippen LogP contribution >= 0.6 is 15.9 Å². The van der Waals surface area contributed by atoms with Gasteiger partial charge in [-0.05, 0) is 38.5 Å². The Morgan fingerprint density at radius 3 is 2.81 bits per heavy atom. The number of benzene rings is 1. The van der Waals surface area contributed by atoms with E-state index in [0.717, 1.165) is 0 Å². The molecule has 0 radical (unpaired) electrons. The van der Waals surface area contributed by atoms with E-state index in [2.05, 4.69) is 36.2 Å². The van der Waals surface area contributed by atoms with Crippen LogP contribution in [0, 0.1) is 0 Å². The van der Waals surface area contributed by atoms with Gasteiger partial charge in [0.25, 0.3) is 0 Å². The van der Waals surface area contributed by atoms with E-state index < -0.39 is 5.97 Å². The molecule has 2 rings (SSSR count). The van der Waals surface area contributed by atoms with Crippen LogP contribution in [0.1, 0.15) is 10.4 Å². The second-order valence-corrected chi connectivity index (χ2v) is 3.58. The fourth-order valence-electron chi connectivity index (χ4n) is 1.26. The van der Waals surface area contributed by atoms with Crippen molar-refractivity contribution in [1.29, 1.82) is 0 Å². The molecule has 0 saturated heterocycles. The quantitative estimate of drug-likeness (QED) is 0.775. The molecule has 0 unspecified atom stereocenters. The van der Waals surface area contributed by atoms with E-state index in [0.29, 0.717) is 16.0 Å². The maximum absolute atomic E-state index is 11.5. The summed E-state index contributed by atoms with van der Waals surface area (Å²) in [5.41, 5.74) is 0.962. The highest BCUT2D eigenvalue weighted by atomic mass is 79.9. The number of carbonyl (C=O) groups excluding carboxylic acids is 1. The molecule has 0 amide bonds. The standard InChI is InChI=1S/C9H7BrN4O2/c1-16-8(15)6-4-2-3-5-7(6)14-9(10)11-12-13-14/h2-5H,1H3. The third-order valence-electron chi connectivity index (χ3n) is 1.97. The predicted octanol–water partition coefficient (Wildman–Crippen LogP) is 1.21. The van der Waals surface area contributed by atoms with Gasteiger partial charge in [-0.1, -0.05) is 12.1 Å². The monoisotopic (exact) mass is 282 g/mol. The lowest BCUT2D eigenvalue weighted by molar-refractivity contribution is 0.0600. The average Bonchev–Trinajstić information content (AvgIpc) is 2.74. The van der Waals surface area contributed by atoms with Gasteiger partial charge in [-0.2, -0.15) is 4.68 Å². The minimum absolute atomic E-state index is 0.401. The number of methoxy groups -OCH3 is 1. The summed E-state index contributed by atoms with van der Waals surface area (Å²) in [5, 5.41) is 10.9. The second-order valence-electron chi connectivity index (χ2n) is 2.87. The van der Waals surface area contributed by atoms with Gasteiger partial charge in [0.1, 0.15) is 0 Å². The largest absolute Gasteiger partial charge is 0.465 e. The highest BCUT2D eigenvalue weighted by Gasteiger charge is 2.15. The SMILES string of the molecule is COC(=O)c1ccccc1-n1nnnc1Br. The van der Waals surface area contributed by atoms with Crippen LogP contribution in [0.15, 0.2) is 29.0 Å². The molecule has 0 N–H and O–H groups in total. The van der Waals surface area contributed by atoms with Gasteiger partial charge in [0.15, 0.2) is 0 Å². The van der Waals surface area contributed by atoms with Gasteiger partial charge in [-0.15, -0.1) is 5.10 Å². The lowest BCUT2D eigenvalue weighted by Gasteiger charge is -2.06. The second kappa shape index (κ2) is 4.40. The molecule has 0 fully saturated rings. The molecule has 6 nitrogen and oxygen atoms in total. The van der Waals surface area contributed by atoms with E-state index >= 15 is 0 Å². The number of ether oxygens (including phenoxy) is 1. The molecule has 0 aliphatic carbocycles. The highest BCUT2D eigenvalue weighted by molar-refractivity contribution is 9.10. The van der Waals surface area contributed by atoms with Crippen molar-refractivity contribution in [2.75, 3.05) is 7.11 Å². The Hall–Kier alpha value is -1.76. The van der Waals surface area contributed by atoms with Gasteiger partial charge < -0.3 is 4.74 Å². The zero-order valence-corrected chi connectivity index (χ0v) is 9.88. The number of rotatable bonds is 2. The van der Waals surface area contributed by atoms with Crippen molar-refractivity contribution < 1.29 is 9.53 Å². The summed E-state index contributed by atoms with van der Waals surface area (Å²) in [7, 11) is 1.33. The normalized spacial score (nSPS) is 10.1. The van der Waals surface area contributed by atoms with Crippen molar-refractivity contribution in [2.24, 2.45) is 0 Å². The number of esters is 1. The molecule has 0 atom stereocenters. The van der Waals surface area contributed by atoms with Gasteiger partial charge in [-0.25, -0.2) is 4.79 Å². The molecule has 82 valence electrons. The lowest BCUT2D eigenvalue weighted by atomic mass is 10.2. The van der Waals surface area contributed by atoms with Crippen LogP contribution in [0.2, 0.25) is 0 Å². The number of halogens is 1. The van der Waals surface area contributed by atoms with E-state index in [4.69, 9.17) is 0 Å². The number of hydrogen-bond acceptors (Lipinski definition) is 5. The molecule has 7 heteroatoms. The molecular formula is C9H7BrN4O2. The van der Waals surface area contributed by atoms with Crippen molar-refractivity contribution in [1.82, 2.24) is 20.2 Å². The lowest BCUT2D eigenvalue weighted by Crippen LogP contribution is -2.08. The zero-order chi connectivity index (χ0) is 11.5. The Morgan fingerprint density at radius 2 is 2.19 bits per heavy atom. The maximum atomic E-state index is 11.5. The summed E-state index contributed by atoms with van der Waals surface area (Å²) in [4.78, 5) is 11.5. The third kappa shape index (κ3) is 1.81. The van der Waals surface area contributed by atoms with Crippen LogP contribution in [0.3, 0.4) is 0 Å². The molecule has 2 aromatic rings. The Kier molecular flexibility index (Phi) is 2.95. The van der Waals surface area contributed by atoms with E-state index in [1.54, 1.807) is 24.3 Å². The average molecular weight is 283 g/mol. The summed E-state index contributed by atoms with van der Waals surface area (Å²) < 4.78 is 6.51. The molecule has 1 heterocycles. The van der Waals surface area contributed by atoms with Crippen LogP contribution in [0.4, 0.5) is 0 Å². The molecule has 16 heavy (non-hydrogen) atoms. The van der Waals surface area contributed by atoms with Crippen LogP contribution in [-0.2, 0) is 4.74 Å². The molecule has 0 saturated carbocycles. The topological polar surface area (TPSA) is 69.9 Å². The van der Waals surface area contributed by atoms with Crippen LogP contribution in [0.5, 0.6) is 0 Å². The molecule has 0 aliphatic rings. The van der Waals surface area contributed by atoms with E-state index in [1.165, 1.54) is 11.8 Å². The van der Waals surface area contributed by atoms with Crippen LogP contribution in [0.25, 0.3) is 5.69 Å². The predicted molar refractivity (Wildman–Crippen MR) is 58.2 cm³/mol. The van der Waals surface area contributed by atoms with E-state index in [1.807, 2.05) is 0 Å². The van der Waals surface area contributed by atoms with Crippen molar-refractivity contribution >= 4 is 21.9 Å². The summed E-state index contributed by atoms with van der Waals surface area (Å²) >= 11 is 3.18. The van der Waals surface area contributed by atoms with Crippen molar-refractivity contribution in [3.63, 3.8) is 0 Å². The van der Waals surface area contributed by atoms with Gasteiger partial charge in [0.05, 0.1) is 18.4 Å². The first-order chi connectivity index (χ1) is 7.74. The number of aromatic nitrogens is 4. The highest BCUT2D eigenvalue weighted by Crippen LogP contribution is 2.17. The number of carbonyl (C=O) groups is 1. The number of hydrogen-bond donors (Lipinski definition) is 0. The van der Waals surface area contributed by atoms with Gasteiger partial charge >= 0.3 is 5.97 Å². The van der Waals surface area contributed by atoms with E-state index in [-0.39, 0.29) is 0 Å². The Morgan fingerprint density at radius 1 is 1.44 bits per heavy atom. The van der Waals surface area contributed by atoms with Crippen molar-refractivity contribution in [2.45, 2.75) is 0 Å². The third-order valence-corrected chi connectivity index (χ3v) is 2.46. The maximum Gasteiger partial charge on any atom is 0.340 e. The Balaban J connectivity index is 2.57. The fraction of sp³-hybridized carbons (Fsp3) is 0.111. The summed E-state index contributed by atoms with van der Waals surface area (Å²) in [6, 6.07) is 6.91. The Labute approximate surface area is 99.3 Å². The molecule has 1 aromatic heterocycles. The van der Waals surface area contributed by atoms with Crippen LogP contribution in [-0.4, -0.2) is 33.3 Å². The van der Waals surface area contributed by atoms with Crippen molar-refractivity contribution in [3.05, 3.63) is 34.6 Å². The molecule has 1 aromatic carbocycles. The van der Waals surface area contributed by atoms with E-state index in [9.17, 15) is 4.79 Å². The first-order valence-corrected chi connectivity index (χ1v) is 5.15. The molecule has 0 aliphatic heterocycles. The number of tetrazole rings is 1. The minimum Gasteiger partial charge on any atom is -0.465 e. The van der Waals surface area contributed by atoms with Crippen molar-refractivity contribution in [3.8, 4) is 5.69 Å². The van der Waals surface area contributed by atoms with Gasteiger partial charge in [0.2, 0.25) is 4.73 Å².